The Bertz CT molecular complexity index is 518. The number of amides is 1. The molecule has 0 spiro atoms. The van der Waals surface area contributed by atoms with E-state index in [0.29, 0.717) is 24.6 Å². The summed E-state index contributed by atoms with van der Waals surface area (Å²) in [7, 11) is 0. The van der Waals surface area contributed by atoms with Crippen molar-refractivity contribution >= 4 is 39.0 Å². The van der Waals surface area contributed by atoms with Crippen molar-refractivity contribution in [2.24, 2.45) is 0 Å². The van der Waals surface area contributed by atoms with Crippen molar-refractivity contribution in [2.45, 2.75) is 25.9 Å². The van der Waals surface area contributed by atoms with Crippen LogP contribution < -0.4 is 5.32 Å². The normalized spacial score (nSPS) is 19.7. The molecular weight excluding hydrogens is 356 g/mol. The molecule has 1 aromatic heterocycles. The lowest BCUT2D eigenvalue weighted by Gasteiger charge is -2.34. The van der Waals surface area contributed by atoms with Crippen molar-refractivity contribution in [3.8, 4) is 0 Å². The van der Waals surface area contributed by atoms with E-state index in [9.17, 15) is 9.59 Å². The fourth-order valence-corrected chi connectivity index (χ4v) is 3.72. The van der Waals surface area contributed by atoms with Gasteiger partial charge in [0.05, 0.1) is 24.6 Å². The van der Waals surface area contributed by atoms with Crippen LogP contribution in [0, 0.1) is 0 Å². The minimum Gasteiger partial charge on any atom is -0.378 e. The standard InChI is InChI=1S/C14H19BrN2O3S/c1-9(2)16-14(19)11-8-20-5-4-17(11)7-12(18)13-10(15)3-6-21-13/h3,6,9,11H,4-5,7-8H2,1-2H3,(H,16,19). The highest BCUT2D eigenvalue weighted by molar-refractivity contribution is 9.10. The van der Waals surface area contributed by atoms with Crippen LogP contribution in [0.5, 0.6) is 0 Å². The molecule has 1 saturated heterocycles. The van der Waals surface area contributed by atoms with E-state index in [1.807, 2.05) is 30.2 Å². The molecule has 5 nitrogen and oxygen atoms in total. The van der Waals surface area contributed by atoms with Crippen molar-refractivity contribution in [2.75, 3.05) is 26.3 Å². The summed E-state index contributed by atoms with van der Waals surface area (Å²) < 4.78 is 6.20. The van der Waals surface area contributed by atoms with Gasteiger partial charge in [0.25, 0.3) is 0 Å². The van der Waals surface area contributed by atoms with Gasteiger partial charge in [-0.3, -0.25) is 14.5 Å². The van der Waals surface area contributed by atoms with Crippen molar-refractivity contribution in [1.82, 2.24) is 10.2 Å². The molecule has 1 amide bonds. The van der Waals surface area contributed by atoms with Gasteiger partial charge in [-0.2, -0.15) is 0 Å². The fourth-order valence-electron chi connectivity index (χ4n) is 2.20. The molecule has 2 rings (SSSR count). The van der Waals surface area contributed by atoms with Gasteiger partial charge in [-0.05, 0) is 41.2 Å². The minimum absolute atomic E-state index is 0.0288. The maximum Gasteiger partial charge on any atom is 0.239 e. The van der Waals surface area contributed by atoms with Gasteiger partial charge < -0.3 is 10.1 Å². The van der Waals surface area contributed by atoms with E-state index in [0.717, 1.165) is 4.47 Å². The first kappa shape index (κ1) is 16.6. The number of morpholine rings is 1. The highest BCUT2D eigenvalue weighted by Crippen LogP contribution is 2.23. The van der Waals surface area contributed by atoms with E-state index in [1.54, 1.807) is 0 Å². The van der Waals surface area contributed by atoms with Gasteiger partial charge in [0, 0.05) is 17.1 Å². The van der Waals surface area contributed by atoms with Gasteiger partial charge in [-0.15, -0.1) is 11.3 Å². The van der Waals surface area contributed by atoms with Crippen molar-refractivity contribution in [3.05, 3.63) is 20.8 Å². The zero-order valence-electron chi connectivity index (χ0n) is 12.1. The Morgan fingerprint density at radius 3 is 2.95 bits per heavy atom. The largest absolute Gasteiger partial charge is 0.378 e. The number of ketones is 1. The number of halogens is 1. The number of hydrogen-bond acceptors (Lipinski definition) is 5. The third kappa shape index (κ3) is 4.35. The number of thiophene rings is 1. The molecular formula is C14H19BrN2O3S. The van der Waals surface area contributed by atoms with Crippen LogP contribution in [0.25, 0.3) is 0 Å². The van der Waals surface area contributed by atoms with Gasteiger partial charge in [0.1, 0.15) is 6.04 Å². The summed E-state index contributed by atoms with van der Waals surface area (Å²) >= 11 is 4.79. The predicted molar refractivity (Wildman–Crippen MR) is 85.8 cm³/mol. The van der Waals surface area contributed by atoms with Crippen LogP contribution in [0.4, 0.5) is 0 Å². The second kappa shape index (κ2) is 7.49. The first-order valence-electron chi connectivity index (χ1n) is 6.87. The lowest BCUT2D eigenvalue weighted by Crippen LogP contribution is -2.55. The molecule has 0 aliphatic carbocycles. The van der Waals surface area contributed by atoms with Gasteiger partial charge in [0.2, 0.25) is 5.91 Å². The highest BCUT2D eigenvalue weighted by Gasteiger charge is 2.31. The topological polar surface area (TPSA) is 58.6 Å². The zero-order valence-corrected chi connectivity index (χ0v) is 14.5. The number of ether oxygens (including phenoxy) is 1. The van der Waals surface area contributed by atoms with Crippen molar-refractivity contribution < 1.29 is 14.3 Å². The predicted octanol–water partition coefficient (Wildman–Crippen LogP) is 1.92. The first-order valence-corrected chi connectivity index (χ1v) is 8.54. The van der Waals surface area contributed by atoms with Gasteiger partial charge in [-0.1, -0.05) is 0 Å². The molecule has 1 aliphatic rings. The van der Waals surface area contributed by atoms with E-state index in [-0.39, 0.29) is 24.3 Å². The number of carbonyl (C=O) groups excluding carboxylic acids is 2. The van der Waals surface area contributed by atoms with Gasteiger partial charge in [0.15, 0.2) is 5.78 Å². The number of nitrogens with one attached hydrogen (secondary N) is 1. The maximum absolute atomic E-state index is 12.4. The van der Waals surface area contributed by atoms with Crippen LogP contribution in [0.3, 0.4) is 0 Å². The molecule has 116 valence electrons. The molecule has 1 unspecified atom stereocenters. The van der Waals surface area contributed by atoms with Crippen LogP contribution in [0.2, 0.25) is 0 Å². The molecule has 1 N–H and O–H groups in total. The summed E-state index contributed by atoms with van der Waals surface area (Å²) in [6.45, 7) is 5.53. The molecule has 1 aromatic rings. The monoisotopic (exact) mass is 374 g/mol. The first-order chi connectivity index (χ1) is 9.99. The fraction of sp³-hybridized carbons (Fsp3) is 0.571. The number of hydrogen-bond donors (Lipinski definition) is 1. The maximum atomic E-state index is 12.4. The average molecular weight is 375 g/mol. The molecule has 1 atom stereocenters. The van der Waals surface area contributed by atoms with Crippen molar-refractivity contribution in [3.63, 3.8) is 0 Å². The molecule has 2 heterocycles. The molecule has 7 heteroatoms. The van der Waals surface area contributed by atoms with E-state index >= 15 is 0 Å². The molecule has 0 radical (unpaired) electrons. The number of nitrogens with zero attached hydrogens (tertiary/aromatic N) is 1. The summed E-state index contributed by atoms with van der Waals surface area (Å²) in [5.41, 5.74) is 0. The quantitative estimate of drug-likeness (QED) is 0.799. The summed E-state index contributed by atoms with van der Waals surface area (Å²) in [4.78, 5) is 27.2. The Kier molecular flexibility index (Phi) is 5.92. The Morgan fingerprint density at radius 1 is 1.57 bits per heavy atom. The third-order valence-electron chi connectivity index (χ3n) is 3.19. The summed E-state index contributed by atoms with van der Waals surface area (Å²) in [6.07, 6.45) is 0. The summed E-state index contributed by atoms with van der Waals surface area (Å²) in [5, 5.41) is 4.76. The van der Waals surface area contributed by atoms with E-state index < -0.39 is 6.04 Å². The zero-order chi connectivity index (χ0) is 15.4. The average Bonchev–Trinajstić information content (AvgIpc) is 2.84. The third-order valence-corrected chi connectivity index (χ3v) is 5.07. The molecule has 0 bridgehead atoms. The number of Topliss-reactive ketones (excluding diaryl/α,β-unsaturated/α-hetero) is 1. The van der Waals surface area contributed by atoms with Gasteiger partial charge >= 0.3 is 0 Å². The smallest absolute Gasteiger partial charge is 0.239 e. The summed E-state index contributed by atoms with van der Waals surface area (Å²) in [6, 6.07) is 1.53. The Balaban J connectivity index is 2.03. The Labute approximate surface area is 136 Å². The molecule has 1 fully saturated rings. The van der Waals surface area contributed by atoms with Crippen molar-refractivity contribution in [1.29, 1.82) is 0 Å². The molecule has 0 saturated carbocycles. The van der Waals surface area contributed by atoms with Crippen LogP contribution in [-0.2, 0) is 9.53 Å². The number of rotatable bonds is 5. The summed E-state index contributed by atoms with van der Waals surface area (Å²) in [5.74, 6) is -0.0520. The highest BCUT2D eigenvalue weighted by atomic mass is 79.9. The minimum atomic E-state index is -0.399. The lowest BCUT2D eigenvalue weighted by atomic mass is 10.1. The SMILES string of the molecule is CC(C)NC(=O)C1COCCN1CC(=O)c1sccc1Br. The molecule has 0 aromatic carbocycles. The van der Waals surface area contributed by atoms with E-state index in [4.69, 9.17) is 4.74 Å². The van der Waals surface area contributed by atoms with Gasteiger partial charge in [-0.25, -0.2) is 0 Å². The van der Waals surface area contributed by atoms with Crippen LogP contribution >= 0.6 is 27.3 Å². The van der Waals surface area contributed by atoms with Crippen LogP contribution in [-0.4, -0.2) is 55.0 Å². The van der Waals surface area contributed by atoms with Crippen LogP contribution in [0.1, 0.15) is 23.5 Å². The Hall–Kier alpha value is -0.760. The Morgan fingerprint density at radius 2 is 2.33 bits per heavy atom. The van der Waals surface area contributed by atoms with Crippen LogP contribution in [0.15, 0.2) is 15.9 Å². The number of carbonyl (C=O) groups is 2. The van der Waals surface area contributed by atoms with E-state index in [2.05, 4.69) is 21.2 Å². The second-order valence-corrected chi connectivity index (χ2v) is 7.02. The lowest BCUT2D eigenvalue weighted by molar-refractivity contribution is -0.132. The second-order valence-electron chi connectivity index (χ2n) is 5.25. The molecule has 1 aliphatic heterocycles. The van der Waals surface area contributed by atoms with E-state index in [1.165, 1.54) is 11.3 Å². The molecule has 21 heavy (non-hydrogen) atoms.